The van der Waals surface area contributed by atoms with Crippen molar-refractivity contribution in [2.24, 2.45) is 0 Å². The molecule has 0 spiro atoms. The molecule has 0 fully saturated rings. The van der Waals surface area contributed by atoms with Gasteiger partial charge in [-0.05, 0) is 47.5 Å². The fourth-order valence-corrected chi connectivity index (χ4v) is 0.847. The number of carbonyl (C=O) groups is 7. The Bertz CT molecular complexity index is 530. The van der Waals surface area contributed by atoms with E-state index in [9.17, 15) is 19.2 Å². The van der Waals surface area contributed by atoms with E-state index in [1.807, 2.05) is 13.8 Å². The Balaban J connectivity index is -0.0000000815. The molecule has 0 N–H and O–H groups in total. The second-order valence-electron chi connectivity index (χ2n) is 5.79. The fourth-order valence-electron chi connectivity index (χ4n) is 0.847. The molecule has 0 aliphatic heterocycles. The van der Waals surface area contributed by atoms with Crippen molar-refractivity contribution >= 4 is 41.4 Å². The number of carboxylic acids is 3. The third kappa shape index (κ3) is 115. The number of carbonyl (C=O) groups excluding carboxylic acids is 7. The summed E-state index contributed by atoms with van der Waals surface area (Å²) < 4.78 is 0. The van der Waals surface area contributed by atoms with E-state index < -0.39 is 29.8 Å². The van der Waals surface area contributed by atoms with Crippen LogP contribution in [-0.2, 0) is 72.6 Å². The molecule has 0 saturated heterocycles. The van der Waals surface area contributed by atoms with Crippen molar-refractivity contribution in [2.75, 3.05) is 13.2 Å². The Morgan fingerprint density at radius 2 is 0.743 bits per heavy atom. The molecule has 0 bridgehead atoms. The van der Waals surface area contributed by atoms with Gasteiger partial charge >= 0.3 is 31.4 Å². The molecule has 35 heavy (non-hydrogen) atoms. The smallest absolute Gasteiger partial charge is 0.550 e. The molecule has 0 aliphatic carbocycles. The molecule has 0 heterocycles. The summed E-state index contributed by atoms with van der Waals surface area (Å²) in [7, 11) is 0. The van der Waals surface area contributed by atoms with Crippen LogP contribution >= 0.6 is 0 Å². The topological polar surface area (TPSA) is 226 Å². The molecule has 0 aromatic heterocycles. The molecule has 0 amide bonds. The third-order valence-corrected chi connectivity index (χ3v) is 1.67. The third-order valence-electron chi connectivity index (χ3n) is 1.67. The molecular formula is C20H33O14Ru. The fraction of sp³-hybridized carbons (Fsp3) is 0.650. The van der Waals surface area contributed by atoms with Gasteiger partial charge in [-0.2, -0.15) is 9.78 Å². The minimum Gasteiger partial charge on any atom is -0.550 e. The number of rotatable bonds is 10. The van der Waals surface area contributed by atoms with Gasteiger partial charge in [0.25, 0.3) is 0 Å². The van der Waals surface area contributed by atoms with Crippen molar-refractivity contribution in [3.8, 4) is 0 Å². The van der Waals surface area contributed by atoms with Crippen LogP contribution in [-0.4, -0.2) is 54.6 Å². The summed E-state index contributed by atoms with van der Waals surface area (Å²) in [4.78, 5) is 85.8. The maximum Gasteiger partial charge on any atom is 3.00 e. The van der Waals surface area contributed by atoms with Gasteiger partial charge in [0.05, 0.1) is 13.2 Å². The van der Waals surface area contributed by atoms with E-state index in [0.29, 0.717) is 13.2 Å². The Hall–Kier alpha value is -2.77. The van der Waals surface area contributed by atoms with Crippen molar-refractivity contribution in [3.05, 3.63) is 0 Å². The summed E-state index contributed by atoms with van der Waals surface area (Å²) in [5.74, 6) is -4.97. The zero-order valence-corrected chi connectivity index (χ0v) is 22.5. The van der Waals surface area contributed by atoms with Crippen LogP contribution in [0.25, 0.3) is 0 Å². The maximum atomic E-state index is 10.6. The largest absolute Gasteiger partial charge is 3.00 e. The average Bonchev–Trinajstić information content (AvgIpc) is 2.60. The van der Waals surface area contributed by atoms with E-state index >= 15 is 0 Å². The summed E-state index contributed by atoms with van der Waals surface area (Å²) >= 11 is 0. The Kier molecular flexibility index (Phi) is 46.8. The van der Waals surface area contributed by atoms with Gasteiger partial charge in [-0.15, -0.1) is 0 Å². The number of aliphatic carboxylic acids is 3. The van der Waals surface area contributed by atoms with E-state index in [4.69, 9.17) is 29.7 Å². The first-order valence-electron chi connectivity index (χ1n) is 9.69. The van der Waals surface area contributed by atoms with Crippen molar-refractivity contribution < 1.29 is 87.9 Å². The van der Waals surface area contributed by atoms with Crippen molar-refractivity contribution in [1.82, 2.24) is 0 Å². The molecule has 14 nitrogen and oxygen atoms in total. The summed E-state index contributed by atoms with van der Waals surface area (Å²) in [5, 5.41) is 26.7. The number of hydrogen-bond acceptors (Lipinski definition) is 14. The SMILES string of the molecule is CC(=O)[O-].CC(=O)[O-].CC(=O)[O-].CCCOOC(=O)CC(C)=O.CCCOOC(=O)CC(C)=O.[Ru+3]. The predicted molar refractivity (Wildman–Crippen MR) is 107 cm³/mol. The zero-order valence-electron chi connectivity index (χ0n) is 20.8. The molecule has 0 aromatic rings. The van der Waals surface area contributed by atoms with Gasteiger partial charge in [0.15, 0.2) is 0 Å². The molecule has 0 rings (SSSR count). The van der Waals surface area contributed by atoms with Gasteiger partial charge in [-0.1, -0.05) is 13.8 Å². The Labute approximate surface area is 216 Å². The first kappa shape index (κ1) is 45.7. The number of hydrogen-bond donors (Lipinski definition) is 0. The van der Waals surface area contributed by atoms with Crippen LogP contribution in [0.2, 0.25) is 0 Å². The summed E-state index contributed by atoms with van der Waals surface area (Å²) in [6, 6.07) is 0. The standard InChI is InChI=1S/2C7H12O4.3C2H4O2.Ru/c2*1-3-4-10-11-7(9)5-6(2)8;3*1-2(3)4;/h2*3-5H2,1-2H3;3*1H3,(H,3,4);/q;;;;;+3/p-3. The predicted octanol–water partition coefficient (Wildman–Crippen LogP) is -2.03. The number of Topliss-reactive ketones (excluding diaryl/α,β-unsaturated/α-hetero) is 2. The van der Waals surface area contributed by atoms with E-state index in [0.717, 1.165) is 33.6 Å². The molecule has 0 unspecified atom stereocenters. The molecule has 0 aromatic carbocycles. The first-order valence-corrected chi connectivity index (χ1v) is 9.69. The van der Waals surface area contributed by atoms with Crippen LogP contribution in [0.3, 0.4) is 0 Å². The average molecular weight is 599 g/mol. The zero-order chi connectivity index (χ0) is 28.1. The summed E-state index contributed by atoms with van der Waals surface area (Å²) in [6.45, 7) is 10.1. The van der Waals surface area contributed by atoms with Crippen LogP contribution in [0.1, 0.15) is 74.1 Å². The van der Waals surface area contributed by atoms with Crippen LogP contribution in [0.5, 0.6) is 0 Å². The monoisotopic (exact) mass is 599 g/mol. The number of carboxylic acid groups (broad SMARTS) is 3. The molecule has 15 heteroatoms. The van der Waals surface area contributed by atoms with E-state index in [1.165, 1.54) is 13.8 Å². The summed E-state index contributed by atoms with van der Waals surface area (Å²) in [6.07, 6.45) is 1.11. The summed E-state index contributed by atoms with van der Waals surface area (Å²) in [5.41, 5.74) is 0. The molecule has 0 aliphatic rings. The molecule has 0 atom stereocenters. The molecular weight excluding hydrogens is 565 g/mol. The minimum absolute atomic E-state index is 0. The molecule has 1 radical (unpaired) electrons. The van der Waals surface area contributed by atoms with Crippen LogP contribution in [0, 0.1) is 0 Å². The Morgan fingerprint density at radius 1 is 0.543 bits per heavy atom. The van der Waals surface area contributed by atoms with Crippen molar-refractivity contribution in [2.45, 2.75) is 74.1 Å². The van der Waals surface area contributed by atoms with Crippen molar-refractivity contribution in [1.29, 1.82) is 0 Å². The Morgan fingerprint density at radius 3 is 0.886 bits per heavy atom. The van der Waals surface area contributed by atoms with Gasteiger partial charge in [0, 0.05) is 17.9 Å². The second-order valence-corrected chi connectivity index (χ2v) is 5.79. The molecule has 205 valence electrons. The van der Waals surface area contributed by atoms with Gasteiger partial charge in [0.1, 0.15) is 24.4 Å². The van der Waals surface area contributed by atoms with E-state index in [1.54, 1.807) is 0 Å². The van der Waals surface area contributed by atoms with Crippen molar-refractivity contribution in [3.63, 3.8) is 0 Å². The normalized spacial score (nSPS) is 7.97. The van der Waals surface area contributed by atoms with Crippen LogP contribution in [0.4, 0.5) is 0 Å². The van der Waals surface area contributed by atoms with Crippen LogP contribution < -0.4 is 15.3 Å². The quantitative estimate of drug-likeness (QED) is 0.0869. The minimum atomic E-state index is -1.08. The van der Waals surface area contributed by atoms with E-state index in [-0.39, 0.29) is 43.9 Å². The van der Waals surface area contributed by atoms with Gasteiger partial charge in [0.2, 0.25) is 0 Å². The molecule has 0 saturated carbocycles. The second kappa shape index (κ2) is 35.8. The van der Waals surface area contributed by atoms with Gasteiger partial charge in [-0.25, -0.2) is 9.59 Å². The van der Waals surface area contributed by atoms with Crippen LogP contribution in [0.15, 0.2) is 0 Å². The van der Waals surface area contributed by atoms with E-state index in [2.05, 4.69) is 19.6 Å². The number of ketones is 2. The van der Waals surface area contributed by atoms with Gasteiger partial charge < -0.3 is 29.7 Å². The maximum absolute atomic E-state index is 10.6. The van der Waals surface area contributed by atoms with Gasteiger partial charge in [-0.3, -0.25) is 19.4 Å². The first-order chi connectivity index (χ1) is 15.5.